The molecular weight excluding hydrogens is 414 g/mol. The number of nitrogens with one attached hydrogen (secondary N) is 1. The number of primary amides is 1. The minimum atomic E-state index is -0.669. The zero-order chi connectivity index (χ0) is 21.8. The molecule has 4 aromatic rings. The average molecular weight is 431 g/mol. The first-order valence-electron chi connectivity index (χ1n) is 9.32. The van der Waals surface area contributed by atoms with E-state index in [1.807, 2.05) is 29.6 Å². The highest BCUT2D eigenvalue weighted by Gasteiger charge is 2.17. The van der Waals surface area contributed by atoms with Crippen LogP contribution in [0.2, 0.25) is 0 Å². The summed E-state index contributed by atoms with van der Waals surface area (Å²) in [5.41, 5.74) is 7.36. The van der Waals surface area contributed by atoms with E-state index in [9.17, 15) is 14.4 Å². The van der Waals surface area contributed by atoms with Crippen molar-refractivity contribution in [1.82, 2.24) is 4.98 Å². The molecule has 7 nitrogen and oxygen atoms in total. The van der Waals surface area contributed by atoms with Crippen molar-refractivity contribution in [3.63, 3.8) is 0 Å². The molecule has 0 spiro atoms. The van der Waals surface area contributed by atoms with Gasteiger partial charge in [-0.05, 0) is 35.7 Å². The molecule has 0 bridgehead atoms. The molecular formula is C23H17N3O4S. The number of benzene rings is 2. The molecule has 0 saturated heterocycles. The third-order valence-electron chi connectivity index (χ3n) is 4.51. The number of anilines is 1. The lowest BCUT2D eigenvalue weighted by molar-refractivity contribution is -0.119. The van der Waals surface area contributed by atoms with E-state index in [1.54, 1.807) is 36.4 Å². The lowest BCUT2D eigenvalue weighted by atomic mass is 10.1. The molecule has 0 aliphatic heterocycles. The number of hydrogen-bond acceptors (Lipinski definition) is 6. The molecule has 2 aromatic carbocycles. The fourth-order valence-corrected chi connectivity index (χ4v) is 3.78. The Labute approximate surface area is 181 Å². The van der Waals surface area contributed by atoms with Crippen LogP contribution in [0, 0.1) is 0 Å². The standard InChI is InChI=1S/C23H17N3O4S/c24-22(28)15-7-2-4-9-18(15)26-21(27)13-30-23(29)16-12-19(20-10-5-11-31-20)25-17-8-3-1-6-14(16)17/h1-12H,13H2,(H2,24,28)(H,26,27). The number of nitrogens with zero attached hydrogens (tertiary/aromatic N) is 1. The Morgan fingerprint density at radius 1 is 0.968 bits per heavy atom. The summed E-state index contributed by atoms with van der Waals surface area (Å²) in [6, 6.07) is 19.1. The number of hydrogen-bond donors (Lipinski definition) is 2. The molecule has 0 radical (unpaired) electrons. The van der Waals surface area contributed by atoms with Gasteiger partial charge in [0.05, 0.1) is 32.9 Å². The highest BCUT2D eigenvalue weighted by molar-refractivity contribution is 7.13. The topological polar surface area (TPSA) is 111 Å². The average Bonchev–Trinajstić information content (AvgIpc) is 3.32. The number of fused-ring (bicyclic) bond motifs is 1. The predicted octanol–water partition coefficient (Wildman–Crippen LogP) is 3.86. The van der Waals surface area contributed by atoms with E-state index in [1.165, 1.54) is 17.4 Å². The largest absolute Gasteiger partial charge is 0.452 e. The Morgan fingerprint density at radius 3 is 2.52 bits per heavy atom. The minimum absolute atomic E-state index is 0.169. The van der Waals surface area contributed by atoms with Gasteiger partial charge >= 0.3 is 5.97 Å². The van der Waals surface area contributed by atoms with Crippen molar-refractivity contribution in [1.29, 1.82) is 0 Å². The zero-order valence-electron chi connectivity index (χ0n) is 16.2. The Morgan fingerprint density at radius 2 is 1.74 bits per heavy atom. The van der Waals surface area contributed by atoms with Crippen molar-refractivity contribution < 1.29 is 19.1 Å². The van der Waals surface area contributed by atoms with Crippen LogP contribution in [0.4, 0.5) is 5.69 Å². The maximum Gasteiger partial charge on any atom is 0.339 e. The van der Waals surface area contributed by atoms with E-state index < -0.39 is 24.4 Å². The van der Waals surface area contributed by atoms with Crippen molar-refractivity contribution in [2.75, 3.05) is 11.9 Å². The van der Waals surface area contributed by atoms with E-state index in [4.69, 9.17) is 10.5 Å². The van der Waals surface area contributed by atoms with Crippen LogP contribution in [0.15, 0.2) is 72.1 Å². The molecule has 8 heteroatoms. The minimum Gasteiger partial charge on any atom is -0.452 e. The monoisotopic (exact) mass is 431 g/mol. The molecule has 0 aliphatic rings. The molecule has 2 amide bonds. The third-order valence-corrected chi connectivity index (χ3v) is 5.40. The van der Waals surface area contributed by atoms with Gasteiger partial charge in [-0.2, -0.15) is 0 Å². The van der Waals surface area contributed by atoms with E-state index in [2.05, 4.69) is 10.3 Å². The summed E-state index contributed by atoms with van der Waals surface area (Å²) in [5, 5.41) is 5.10. The number of aromatic nitrogens is 1. The number of para-hydroxylation sites is 2. The van der Waals surface area contributed by atoms with Crippen molar-refractivity contribution in [2.24, 2.45) is 5.73 Å². The number of rotatable bonds is 6. The SMILES string of the molecule is NC(=O)c1ccccc1NC(=O)COC(=O)c1cc(-c2cccs2)nc2ccccc12. The number of nitrogens with two attached hydrogens (primary N) is 1. The molecule has 0 fully saturated rings. The van der Waals surface area contributed by atoms with Gasteiger partial charge < -0.3 is 15.8 Å². The summed E-state index contributed by atoms with van der Waals surface area (Å²) < 4.78 is 5.25. The number of carbonyl (C=O) groups excluding carboxylic acids is 3. The molecule has 4 rings (SSSR count). The summed E-state index contributed by atoms with van der Waals surface area (Å²) >= 11 is 1.51. The van der Waals surface area contributed by atoms with Gasteiger partial charge in [-0.1, -0.05) is 36.4 Å². The quantitative estimate of drug-likeness (QED) is 0.450. The highest BCUT2D eigenvalue weighted by atomic mass is 32.1. The Hall–Kier alpha value is -4.04. The summed E-state index contributed by atoms with van der Waals surface area (Å²) in [7, 11) is 0. The lowest BCUT2D eigenvalue weighted by Crippen LogP contribution is -2.23. The Balaban J connectivity index is 1.54. The Bertz CT molecular complexity index is 1290. The van der Waals surface area contributed by atoms with Crippen LogP contribution < -0.4 is 11.1 Å². The first-order valence-corrected chi connectivity index (χ1v) is 10.2. The lowest BCUT2D eigenvalue weighted by Gasteiger charge is -2.11. The smallest absolute Gasteiger partial charge is 0.339 e. The van der Waals surface area contributed by atoms with Gasteiger partial charge in [0.1, 0.15) is 0 Å². The van der Waals surface area contributed by atoms with Crippen molar-refractivity contribution in [3.05, 3.63) is 83.2 Å². The van der Waals surface area contributed by atoms with Crippen LogP contribution >= 0.6 is 11.3 Å². The van der Waals surface area contributed by atoms with Crippen LogP contribution in [0.3, 0.4) is 0 Å². The van der Waals surface area contributed by atoms with Crippen LogP contribution in [-0.4, -0.2) is 29.4 Å². The molecule has 0 saturated carbocycles. The number of pyridine rings is 1. The van der Waals surface area contributed by atoms with Gasteiger partial charge in [0.15, 0.2) is 6.61 Å². The fourth-order valence-electron chi connectivity index (χ4n) is 3.10. The third kappa shape index (κ3) is 4.44. The van der Waals surface area contributed by atoms with Gasteiger partial charge in [-0.15, -0.1) is 11.3 Å². The fraction of sp³-hybridized carbons (Fsp3) is 0.0435. The van der Waals surface area contributed by atoms with E-state index in [0.717, 1.165) is 4.88 Å². The number of esters is 1. The number of carbonyl (C=O) groups is 3. The second-order valence-electron chi connectivity index (χ2n) is 6.58. The van der Waals surface area contributed by atoms with Gasteiger partial charge in [-0.3, -0.25) is 9.59 Å². The summed E-state index contributed by atoms with van der Waals surface area (Å²) in [6.45, 7) is -0.517. The molecule has 3 N–H and O–H groups in total. The normalized spacial score (nSPS) is 10.6. The van der Waals surface area contributed by atoms with Gasteiger partial charge in [-0.25, -0.2) is 9.78 Å². The van der Waals surface area contributed by atoms with Gasteiger partial charge in [0.25, 0.3) is 11.8 Å². The highest BCUT2D eigenvalue weighted by Crippen LogP contribution is 2.28. The molecule has 0 atom stereocenters. The van der Waals surface area contributed by atoms with Gasteiger partial charge in [0, 0.05) is 5.39 Å². The number of amides is 2. The van der Waals surface area contributed by atoms with Crippen molar-refractivity contribution in [2.45, 2.75) is 0 Å². The molecule has 0 unspecified atom stereocenters. The van der Waals surface area contributed by atoms with Crippen molar-refractivity contribution in [3.8, 4) is 10.6 Å². The summed E-state index contributed by atoms with van der Waals surface area (Å²) in [5.74, 6) is -1.90. The zero-order valence-corrected chi connectivity index (χ0v) is 17.0. The second kappa shape index (κ2) is 8.76. The molecule has 31 heavy (non-hydrogen) atoms. The van der Waals surface area contributed by atoms with E-state index in [-0.39, 0.29) is 11.3 Å². The maximum absolute atomic E-state index is 12.8. The summed E-state index contributed by atoms with van der Waals surface area (Å²) in [6.07, 6.45) is 0. The molecule has 2 heterocycles. The van der Waals surface area contributed by atoms with E-state index >= 15 is 0 Å². The predicted molar refractivity (Wildman–Crippen MR) is 119 cm³/mol. The van der Waals surface area contributed by atoms with Crippen molar-refractivity contribution >= 4 is 45.7 Å². The first kappa shape index (κ1) is 20.2. The van der Waals surface area contributed by atoms with E-state index in [0.29, 0.717) is 22.2 Å². The van der Waals surface area contributed by atoms with Crippen LogP contribution in [0.1, 0.15) is 20.7 Å². The Kier molecular flexibility index (Phi) is 5.72. The number of thiophene rings is 1. The van der Waals surface area contributed by atoms with Crippen LogP contribution in [0.25, 0.3) is 21.5 Å². The van der Waals surface area contributed by atoms with Gasteiger partial charge in [0.2, 0.25) is 0 Å². The molecule has 0 aliphatic carbocycles. The maximum atomic E-state index is 12.8. The second-order valence-corrected chi connectivity index (χ2v) is 7.53. The molecule has 2 aromatic heterocycles. The first-order chi connectivity index (χ1) is 15.0. The number of ether oxygens (including phenoxy) is 1. The molecule has 154 valence electrons. The van der Waals surface area contributed by atoms with Crippen LogP contribution in [0.5, 0.6) is 0 Å². The summed E-state index contributed by atoms with van der Waals surface area (Å²) in [4.78, 5) is 42.1. The van der Waals surface area contributed by atoms with Crippen LogP contribution in [-0.2, 0) is 9.53 Å².